The van der Waals surface area contributed by atoms with Crippen molar-refractivity contribution in [2.24, 2.45) is 0 Å². The molecule has 0 unspecified atom stereocenters. The minimum atomic E-state index is 0.170. The average molecular weight is 276 g/mol. The van der Waals surface area contributed by atoms with E-state index in [1.54, 1.807) is 12.1 Å². The molecule has 0 spiro atoms. The molecule has 0 fully saturated rings. The molecule has 1 aromatic carbocycles. The Bertz CT molecular complexity index is 302. The minimum Gasteiger partial charge on any atom is -0.506 e. The number of phenols is 1. The Morgan fingerprint density at radius 3 is 2.09 bits per heavy atom. The predicted molar refractivity (Wildman–Crippen MR) is 51.4 cm³/mol. The van der Waals surface area contributed by atoms with Gasteiger partial charge >= 0.3 is 0 Å². The lowest BCUT2D eigenvalue weighted by molar-refractivity contribution is 0.468. The van der Waals surface area contributed by atoms with E-state index in [4.69, 9.17) is 6.42 Å². The van der Waals surface area contributed by atoms with Gasteiger partial charge in [-0.3, -0.25) is 0 Å². The molecule has 0 saturated heterocycles. The molecule has 1 N–H and O–H groups in total. The molecule has 1 rings (SSSR count). The van der Waals surface area contributed by atoms with Crippen molar-refractivity contribution in [1.29, 1.82) is 0 Å². The molecule has 0 aliphatic rings. The second kappa shape index (κ2) is 3.29. The van der Waals surface area contributed by atoms with E-state index in [1.807, 2.05) is 0 Å². The van der Waals surface area contributed by atoms with E-state index in [0.29, 0.717) is 8.95 Å². The van der Waals surface area contributed by atoms with Gasteiger partial charge in [-0.25, -0.2) is 0 Å². The van der Waals surface area contributed by atoms with Crippen LogP contribution in [-0.4, -0.2) is 5.11 Å². The highest BCUT2D eigenvalue weighted by molar-refractivity contribution is 9.11. The van der Waals surface area contributed by atoms with Gasteiger partial charge in [0.2, 0.25) is 0 Å². The van der Waals surface area contributed by atoms with E-state index in [9.17, 15) is 5.11 Å². The summed E-state index contributed by atoms with van der Waals surface area (Å²) in [6, 6.07) is 3.36. The van der Waals surface area contributed by atoms with Gasteiger partial charge in [0, 0.05) is 5.56 Å². The second-order valence-corrected chi connectivity index (χ2v) is 3.64. The highest BCUT2D eigenvalue weighted by atomic mass is 79.9. The second-order valence-electron chi connectivity index (χ2n) is 1.93. The van der Waals surface area contributed by atoms with Gasteiger partial charge in [0.15, 0.2) is 0 Å². The summed E-state index contributed by atoms with van der Waals surface area (Å²) in [5.41, 5.74) is 0.724. The molecule has 3 heteroatoms. The Balaban J connectivity index is 3.35. The normalized spacial score (nSPS) is 9.18. The molecule has 1 nitrogen and oxygen atoms in total. The lowest BCUT2D eigenvalue weighted by atomic mass is 10.2. The number of aromatic hydroxyl groups is 1. The Hall–Kier alpha value is -0.460. The summed E-state index contributed by atoms with van der Waals surface area (Å²) in [7, 11) is 0. The van der Waals surface area contributed by atoms with Gasteiger partial charge in [0.25, 0.3) is 0 Å². The molecular formula is C8H4Br2O. The van der Waals surface area contributed by atoms with Crippen molar-refractivity contribution in [2.75, 3.05) is 0 Å². The van der Waals surface area contributed by atoms with Gasteiger partial charge in [-0.05, 0) is 44.0 Å². The number of phenolic OH excluding ortho intramolecular Hbond substituents is 1. The van der Waals surface area contributed by atoms with E-state index < -0.39 is 0 Å². The molecule has 0 atom stereocenters. The first-order valence-electron chi connectivity index (χ1n) is 2.79. The van der Waals surface area contributed by atoms with Crippen molar-refractivity contribution < 1.29 is 5.11 Å². The molecule has 0 heterocycles. The Kier molecular flexibility index (Phi) is 2.58. The van der Waals surface area contributed by atoms with Gasteiger partial charge in [0.1, 0.15) is 5.75 Å². The standard InChI is InChI=1S/C8H4Br2O/c1-2-5-3-6(9)8(11)7(10)4-5/h1,3-4,11H. The predicted octanol–water partition coefficient (Wildman–Crippen LogP) is 2.90. The lowest BCUT2D eigenvalue weighted by Crippen LogP contribution is -1.76. The first kappa shape index (κ1) is 8.63. The summed E-state index contributed by atoms with van der Waals surface area (Å²) in [5, 5.41) is 9.26. The minimum absolute atomic E-state index is 0.170. The van der Waals surface area contributed by atoms with Gasteiger partial charge in [-0.1, -0.05) is 5.92 Å². The van der Waals surface area contributed by atoms with Gasteiger partial charge in [-0.2, -0.15) is 0 Å². The third-order valence-corrected chi connectivity index (χ3v) is 2.39. The van der Waals surface area contributed by atoms with E-state index in [0.717, 1.165) is 5.56 Å². The quantitative estimate of drug-likeness (QED) is 0.722. The van der Waals surface area contributed by atoms with Crippen molar-refractivity contribution in [1.82, 2.24) is 0 Å². The highest BCUT2D eigenvalue weighted by Gasteiger charge is 2.03. The molecule has 0 saturated carbocycles. The van der Waals surface area contributed by atoms with Crippen LogP contribution >= 0.6 is 31.9 Å². The van der Waals surface area contributed by atoms with E-state index in [-0.39, 0.29) is 5.75 Å². The van der Waals surface area contributed by atoms with Crippen LogP contribution in [0.25, 0.3) is 0 Å². The van der Waals surface area contributed by atoms with Crippen LogP contribution in [0.3, 0.4) is 0 Å². The summed E-state index contributed by atoms with van der Waals surface area (Å²) >= 11 is 6.32. The Morgan fingerprint density at radius 2 is 1.73 bits per heavy atom. The number of hydrogen-bond donors (Lipinski definition) is 1. The zero-order valence-corrected chi connectivity index (χ0v) is 8.61. The average Bonchev–Trinajstić information content (AvgIpc) is 1.99. The van der Waals surface area contributed by atoms with Gasteiger partial charge in [0.05, 0.1) is 8.95 Å². The monoisotopic (exact) mass is 274 g/mol. The van der Waals surface area contributed by atoms with Crippen LogP contribution in [0.1, 0.15) is 5.56 Å². The van der Waals surface area contributed by atoms with Crippen molar-refractivity contribution in [3.63, 3.8) is 0 Å². The fourth-order valence-corrected chi connectivity index (χ4v) is 1.84. The van der Waals surface area contributed by atoms with Crippen LogP contribution in [0, 0.1) is 12.3 Å². The summed E-state index contributed by atoms with van der Waals surface area (Å²) in [6.07, 6.45) is 5.16. The third-order valence-electron chi connectivity index (χ3n) is 1.18. The summed E-state index contributed by atoms with van der Waals surface area (Å²) in [5.74, 6) is 2.64. The van der Waals surface area contributed by atoms with Gasteiger partial charge in [-0.15, -0.1) is 6.42 Å². The number of rotatable bonds is 0. The first-order chi connectivity index (χ1) is 5.15. The highest BCUT2D eigenvalue weighted by Crippen LogP contribution is 2.32. The van der Waals surface area contributed by atoms with Crippen LogP contribution in [0.2, 0.25) is 0 Å². The topological polar surface area (TPSA) is 20.2 Å². The summed E-state index contributed by atoms with van der Waals surface area (Å²) < 4.78 is 1.19. The largest absolute Gasteiger partial charge is 0.506 e. The number of hydrogen-bond acceptors (Lipinski definition) is 1. The molecule has 0 aliphatic carbocycles. The summed E-state index contributed by atoms with van der Waals surface area (Å²) in [4.78, 5) is 0. The van der Waals surface area contributed by atoms with E-state index in [2.05, 4.69) is 37.8 Å². The van der Waals surface area contributed by atoms with Crippen LogP contribution in [0.15, 0.2) is 21.1 Å². The summed E-state index contributed by atoms with van der Waals surface area (Å²) in [6.45, 7) is 0. The molecule has 0 aromatic heterocycles. The molecule has 0 radical (unpaired) electrons. The zero-order valence-electron chi connectivity index (χ0n) is 5.44. The van der Waals surface area contributed by atoms with Crippen molar-refractivity contribution in [3.8, 4) is 18.1 Å². The fourth-order valence-electron chi connectivity index (χ4n) is 0.649. The molecule has 11 heavy (non-hydrogen) atoms. The number of terminal acetylenes is 1. The van der Waals surface area contributed by atoms with Gasteiger partial charge < -0.3 is 5.11 Å². The first-order valence-corrected chi connectivity index (χ1v) is 4.38. The molecule has 0 amide bonds. The maximum atomic E-state index is 9.26. The van der Waals surface area contributed by atoms with Crippen LogP contribution < -0.4 is 0 Å². The molecule has 1 aromatic rings. The van der Waals surface area contributed by atoms with Crippen molar-refractivity contribution in [2.45, 2.75) is 0 Å². The maximum Gasteiger partial charge on any atom is 0.144 e. The SMILES string of the molecule is C#Cc1cc(Br)c(O)c(Br)c1. The molecule has 0 aliphatic heterocycles. The third kappa shape index (κ3) is 1.76. The molecular weight excluding hydrogens is 272 g/mol. The van der Waals surface area contributed by atoms with Crippen molar-refractivity contribution >= 4 is 31.9 Å². The maximum absolute atomic E-state index is 9.26. The fraction of sp³-hybridized carbons (Fsp3) is 0. The molecule has 0 bridgehead atoms. The van der Waals surface area contributed by atoms with Crippen molar-refractivity contribution in [3.05, 3.63) is 26.6 Å². The number of halogens is 2. The van der Waals surface area contributed by atoms with E-state index >= 15 is 0 Å². The number of benzene rings is 1. The zero-order chi connectivity index (χ0) is 8.43. The Morgan fingerprint density at radius 1 is 1.27 bits per heavy atom. The van der Waals surface area contributed by atoms with Crippen LogP contribution in [0.5, 0.6) is 5.75 Å². The van der Waals surface area contributed by atoms with Crippen LogP contribution in [-0.2, 0) is 0 Å². The van der Waals surface area contributed by atoms with Crippen LogP contribution in [0.4, 0.5) is 0 Å². The molecule has 56 valence electrons. The van der Waals surface area contributed by atoms with E-state index in [1.165, 1.54) is 0 Å². The lowest BCUT2D eigenvalue weighted by Gasteiger charge is -1.99. The smallest absolute Gasteiger partial charge is 0.144 e. The Labute approximate surface area is 81.7 Å².